The Labute approximate surface area is 77.5 Å². The standard InChI is InChI=1S/C8H15N3O2/c1-3-11-5-6(8(13)9-2)10-4-7(11)12/h6,10H,3-5H2,1-2H3,(H,9,13). The molecule has 13 heavy (non-hydrogen) atoms. The van der Waals surface area contributed by atoms with Gasteiger partial charge in [-0.05, 0) is 6.92 Å². The maximum atomic E-state index is 11.2. The highest BCUT2D eigenvalue weighted by Gasteiger charge is 2.27. The Morgan fingerprint density at radius 3 is 3.00 bits per heavy atom. The Balaban J connectivity index is 2.54. The van der Waals surface area contributed by atoms with Crippen molar-refractivity contribution in [2.45, 2.75) is 13.0 Å². The van der Waals surface area contributed by atoms with Gasteiger partial charge in [-0.15, -0.1) is 0 Å². The van der Waals surface area contributed by atoms with Crippen molar-refractivity contribution >= 4 is 11.8 Å². The van der Waals surface area contributed by atoms with Crippen LogP contribution in [0, 0.1) is 0 Å². The highest BCUT2D eigenvalue weighted by molar-refractivity contribution is 5.86. The lowest BCUT2D eigenvalue weighted by Crippen LogP contribution is -2.58. The summed E-state index contributed by atoms with van der Waals surface area (Å²) in [5.41, 5.74) is 0. The molecule has 0 saturated carbocycles. The zero-order chi connectivity index (χ0) is 9.84. The fraction of sp³-hybridized carbons (Fsp3) is 0.750. The monoisotopic (exact) mass is 185 g/mol. The van der Waals surface area contributed by atoms with E-state index < -0.39 is 0 Å². The Hall–Kier alpha value is -1.10. The summed E-state index contributed by atoms with van der Waals surface area (Å²) in [6, 6.07) is -0.261. The molecule has 0 aromatic heterocycles. The van der Waals surface area contributed by atoms with Crippen LogP contribution in [0.2, 0.25) is 0 Å². The Kier molecular flexibility index (Phi) is 3.25. The summed E-state index contributed by atoms with van der Waals surface area (Å²) in [4.78, 5) is 24.1. The van der Waals surface area contributed by atoms with Crippen LogP contribution in [0.5, 0.6) is 0 Å². The van der Waals surface area contributed by atoms with Crippen LogP contribution in [-0.2, 0) is 9.59 Å². The van der Waals surface area contributed by atoms with Crippen molar-refractivity contribution in [3.8, 4) is 0 Å². The number of carbonyl (C=O) groups excluding carboxylic acids is 2. The van der Waals surface area contributed by atoms with Gasteiger partial charge < -0.3 is 10.2 Å². The fourth-order valence-corrected chi connectivity index (χ4v) is 1.36. The maximum absolute atomic E-state index is 11.2. The molecule has 1 atom stereocenters. The van der Waals surface area contributed by atoms with Gasteiger partial charge in [0.25, 0.3) is 0 Å². The summed E-state index contributed by atoms with van der Waals surface area (Å²) in [6.07, 6.45) is 0. The minimum Gasteiger partial charge on any atom is -0.358 e. The van der Waals surface area contributed by atoms with E-state index in [1.165, 1.54) is 0 Å². The van der Waals surface area contributed by atoms with Gasteiger partial charge in [0.1, 0.15) is 6.04 Å². The molecule has 1 fully saturated rings. The molecule has 5 nitrogen and oxygen atoms in total. The van der Waals surface area contributed by atoms with E-state index in [-0.39, 0.29) is 24.4 Å². The van der Waals surface area contributed by atoms with Crippen LogP contribution in [0.25, 0.3) is 0 Å². The van der Waals surface area contributed by atoms with E-state index in [9.17, 15) is 9.59 Å². The fourth-order valence-electron chi connectivity index (χ4n) is 1.36. The van der Waals surface area contributed by atoms with Gasteiger partial charge in [-0.1, -0.05) is 0 Å². The zero-order valence-corrected chi connectivity index (χ0v) is 7.96. The quantitative estimate of drug-likeness (QED) is 0.553. The van der Waals surface area contributed by atoms with Gasteiger partial charge in [0.15, 0.2) is 0 Å². The summed E-state index contributed by atoms with van der Waals surface area (Å²) < 4.78 is 0. The molecule has 1 unspecified atom stereocenters. The van der Waals surface area contributed by atoms with E-state index in [1.807, 2.05) is 6.92 Å². The molecule has 1 aliphatic rings. The number of piperazine rings is 1. The van der Waals surface area contributed by atoms with E-state index in [4.69, 9.17) is 0 Å². The maximum Gasteiger partial charge on any atom is 0.238 e. The van der Waals surface area contributed by atoms with Crippen LogP contribution in [0.3, 0.4) is 0 Å². The molecule has 0 aliphatic carbocycles. The van der Waals surface area contributed by atoms with Gasteiger partial charge in [0.05, 0.1) is 6.54 Å². The minimum atomic E-state index is -0.261. The Bertz CT molecular complexity index is 217. The SMILES string of the molecule is CCN1CC(C(=O)NC)NCC1=O. The lowest BCUT2D eigenvalue weighted by atomic mass is 10.2. The summed E-state index contributed by atoms with van der Waals surface area (Å²) in [5, 5.41) is 5.44. The van der Waals surface area contributed by atoms with Gasteiger partial charge in [0, 0.05) is 20.1 Å². The van der Waals surface area contributed by atoms with Crippen molar-refractivity contribution in [2.75, 3.05) is 26.7 Å². The first-order valence-electron chi connectivity index (χ1n) is 4.41. The van der Waals surface area contributed by atoms with E-state index in [0.717, 1.165) is 0 Å². The van der Waals surface area contributed by atoms with Gasteiger partial charge in [-0.2, -0.15) is 0 Å². The molecular formula is C8H15N3O2. The van der Waals surface area contributed by atoms with Crippen molar-refractivity contribution in [2.24, 2.45) is 0 Å². The van der Waals surface area contributed by atoms with Crippen molar-refractivity contribution < 1.29 is 9.59 Å². The van der Waals surface area contributed by atoms with E-state index >= 15 is 0 Å². The van der Waals surface area contributed by atoms with E-state index in [2.05, 4.69) is 10.6 Å². The number of carbonyl (C=O) groups is 2. The third-order valence-corrected chi connectivity index (χ3v) is 2.20. The van der Waals surface area contributed by atoms with Crippen molar-refractivity contribution in [1.82, 2.24) is 15.5 Å². The second-order valence-corrected chi connectivity index (χ2v) is 2.98. The molecule has 1 heterocycles. The van der Waals surface area contributed by atoms with Gasteiger partial charge in [-0.3, -0.25) is 14.9 Å². The predicted molar refractivity (Wildman–Crippen MR) is 48.1 cm³/mol. The van der Waals surface area contributed by atoms with E-state index in [1.54, 1.807) is 11.9 Å². The first-order valence-corrected chi connectivity index (χ1v) is 4.41. The molecule has 5 heteroatoms. The minimum absolute atomic E-state index is 0.0580. The number of amides is 2. The van der Waals surface area contributed by atoms with Gasteiger partial charge in [0.2, 0.25) is 11.8 Å². The van der Waals surface area contributed by atoms with Crippen LogP contribution in [-0.4, -0.2) is 49.4 Å². The first-order chi connectivity index (χ1) is 6.19. The molecule has 74 valence electrons. The number of nitrogens with one attached hydrogen (secondary N) is 2. The second-order valence-electron chi connectivity index (χ2n) is 2.98. The average molecular weight is 185 g/mol. The van der Waals surface area contributed by atoms with Gasteiger partial charge in [-0.25, -0.2) is 0 Å². The molecule has 2 N–H and O–H groups in total. The van der Waals surface area contributed by atoms with Crippen molar-refractivity contribution in [3.63, 3.8) is 0 Å². The number of hydrogen-bond acceptors (Lipinski definition) is 3. The van der Waals surface area contributed by atoms with Crippen LogP contribution < -0.4 is 10.6 Å². The Morgan fingerprint density at radius 2 is 2.46 bits per heavy atom. The second kappa shape index (κ2) is 4.23. The summed E-state index contributed by atoms with van der Waals surface area (Å²) in [6.45, 7) is 3.29. The predicted octanol–water partition coefficient (Wildman–Crippen LogP) is -1.45. The summed E-state index contributed by atoms with van der Waals surface area (Å²) in [5.74, 6) is -0.00592. The number of rotatable bonds is 2. The highest BCUT2D eigenvalue weighted by atomic mass is 16.2. The largest absolute Gasteiger partial charge is 0.358 e. The summed E-state index contributed by atoms with van der Waals surface area (Å²) in [7, 11) is 1.59. The molecule has 0 spiro atoms. The van der Waals surface area contributed by atoms with Crippen molar-refractivity contribution in [1.29, 1.82) is 0 Å². The number of likely N-dealkylation sites (N-methyl/N-ethyl adjacent to an activating group) is 2. The molecule has 0 bridgehead atoms. The third kappa shape index (κ3) is 2.18. The summed E-state index contributed by atoms with van der Waals surface area (Å²) >= 11 is 0. The lowest BCUT2D eigenvalue weighted by Gasteiger charge is -2.31. The van der Waals surface area contributed by atoms with Crippen LogP contribution >= 0.6 is 0 Å². The van der Waals surface area contributed by atoms with E-state index in [0.29, 0.717) is 13.1 Å². The molecule has 0 aromatic rings. The zero-order valence-electron chi connectivity index (χ0n) is 7.96. The average Bonchev–Trinajstić information content (AvgIpc) is 2.17. The molecule has 0 aromatic carbocycles. The molecular weight excluding hydrogens is 170 g/mol. The molecule has 1 rings (SSSR count). The van der Waals surface area contributed by atoms with Gasteiger partial charge >= 0.3 is 0 Å². The molecule has 1 aliphatic heterocycles. The van der Waals surface area contributed by atoms with Crippen LogP contribution in [0.4, 0.5) is 0 Å². The molecule has 1 saturated heterocycles. The lowest BCUT2D eigenvalue weighted by molar-refractivity contribution is -0.135. The van der Waals surface area contributed by atoms with Crippen LogP contribution in [0.15, 0.2) is 0 Å². The normalized spacial score (nSPS) is 23.1. The first kappa shape index (κ1) is 9.98. The molecule has 2 amide bonds. The number of nitrogens with zero attached hydrogens (tertiary/aromatic N) is 1. The van der Waals surface area contributed by atoms with Crippen molar-refractivity contribution in [3.05, 3.63) is 0 Å². The molecule has 0 radical (unpaired) electrons. The number of hydrogen-bond donors (Lipinski definition) is 2. The van der Waals surface area contributed by atoms with Crippen LogP contribution in [0.1, 0.15) is 6.92 Å². The highest BCUT2D eigenvalue weighted by Crippen LogP contribution is 1.99. The smallest absolute Gasteiger partial charge is 0.238 e. The Morgan fingerprint density at radius 1 is 1.77 bits per heavy atom. The topological polar surface area (TPSA) is 61.4 Å². The third-order valence-electron chi connectivity index (χ3n) is 2.20.